The fourth-order valence-corrected chi connectivity index (χ4v) is 2.65. The molecule has 3 rings (SSSR count). The predicted molar refractivity (Wildman–Crippen MR) is 98.4 cm³/mol. The van der Waals surface area contributed by atoms with E-state index >= 15 is 0 Å². The summed E-state index contributed by atoms with van der Waals surface area (Å²) in [6.07, 6.45) is 1.65. The summed E-state index contributed by atoms with van der Waals surface area (Å²) in [5.74, 6) is 0.150. The number of hydrogen-bond acceptors (Lipinski definition) is 4. The zero-order chi connectivity index (χ0) is 18.7. The molecule has 3 aromatic rings. The first-order chi connectivity index (χ1) is 12.4. The van der Waals surface area contributed by atoms with E-state index in [0.29, 0.717) is 17.4 Å². The van der Waals surface area contributed by atoms with Gasteiger partial charge in [-0.1, -0.05) is 11.6 Å². The van der Waals surface area contributed by atoms with E-state index in [1.165, 1.54) is 19.1 Å². The number of imidazole rings is 1. The number of hydrogen-bond donors (Lipinski definition) is 0. The van der Waals surface area contributed by atoms with Gasteiger partial charge in [0.2, 0.25) is 5.88 Å². The summed E-state index contributed by atoms with van der Waals surface area (Å²) >= 11 is 5.96. The molecule has 0 saturated heterocycles. The van der Waals surface area contributed by atoms with Gasteiger partial charge in [0.05, 0.1) is 12.7 Å². The summed E-state index contributed by atoms with van der Waals surface area (Å²) in [6.45, 7) is 1.75. The van der Waals surface area contributed by atoms with Gasteiger partial charge in [-0.05, 0) is 48.5 Å². The Kier molecular flexibility index (Phi) is 5.23. The molecule has 0 N–H and O–H groups in total. The lowest BCUT2D eigenvalue weighted by molar-refractivity contribution is -0.132. The molecule has 0 radical (unpaired) electrons. The number of rotatable bonds is 5. The van der Waals surface area contributed by atoms with Crippen molar-refractivity contribution < 1.29 is 13.9 Å². The number of aromatic nitrogens is 2. The van der Waals surface area contributed by atoms with Gasteiger partial charge in [0, 0.05) is 30.4 Å². The highest BCUT2D eigenvalue weighted by molar-refractivity contribution is 6.30. The van der Waals surface area contributed by atoms with Crippen molar-refractivity contribution in [1.82, 2.24) is 9.55 Å². The number of benzene rings is 2. The summed E-state index contributed by atoms with van der Waals surface area (Å²) in [4.78, 5) is 17.6. The minimum Gasteiger partial charge on any atom is -0.406 e. The molecular formula is C19H17ClFN3O2. The zero-order valence-electron chi connectivity index (χ0n) is 14.3. The normalized spacial score (nSPS) is 10.6. The Hall–Kier alpha value is -2.86. The molecule has 0 aliphatic rings. The molecule has 2 aromatic carbocycles. The van der Waals surface area contributed by atoms with Crippen LogP contribution in [0.4, 0.5) is 10.1 Å². The molecule has 1 heterocycles. The Bertz CT molecular complexity index is 908. The lowest BCUT2D eigenvalue weighted by atomic mass is 10.3. The Morgan fingerprint density at radius 1 is 1.19 bits per heavy atom. The monoisotopic (exact) mass is 373 g/mol. The first-order valence-corrected chi connectivity index (χ1v) is 8.29. The molecule has 134 valence electrons. The molecule has 26 heavy (non-hydrogen) atoms. The number of anilines is 1. The summed E-state index contributed by atoms with van der Waals surface area (Å²) in [6, 6.07) is 13.4. The summed E-state index contributed by atoms with van der Waals surface area (Å²) in [7, 11) is 1.87. The molecular weight excluding hydrogens is 357 g/mol. The van der Waals surface area contributed by atoms with Crippen LogP contribution in [0.2, 0.25) is 5.02 Å². The third-order valence-corrected chi connectivity index (χ3v) is 4.01. The van der Waals surface area contributed by atoms with Gasteiger partial charge in [0.15, 0.2) is 0 Å². The molecule has 0 amide bonds. The van der Waals surface area contributed by atoms with Gasteiger partial charge in [-0.25, -0.2) is 4.39 Å². The van der Waals surface area contributed by atoms with Crippen LogP contribution in [0.25, 0.3) is 5.69 Å². The largest absolute Gasteiger partial charge is 0.406 e. The fourth-order valence-electron chi connectivity index (χ4n) is 2.53. The van der Waals surface area contributed by atoms with Crippen LogP contribution in [-0.4, -0.2) is 22.6 Å². The molecule has 1 aromatic heterocycles. The van der Waals surface area contributed by atoms with Crippen molar-refractivity contribution in [2.75, 3.05) is 11.9 Å². The van der Waals surface area contributed by atoms with Crippen molar-refractivity contribution in [3.8, 4) is 11.6 Å². The van der Waals surface area contributed by atoms with Crippen LogP contribution in [0.3, 0.4) is 0 Å². The van der Waals surface area contributed by atoms with Gasteiger partial charge in [0.1, 0.15) is 11.6 Å². The smallest absolute Gasteiger partial charge is 0.309 e. The van der Waals surface area contributed by atoms with Gasteiger partial charge in [0.25, 0.3) is 0 Å². The third kappa shape index (κ3) is 4.21. The van der Waals surface area contributed by atoms with E-state index in [4.69, 9.17) is 16.3 Å². The number of halogens is 2. The highest BCUT2D eigenvalue weighted by Gasteiger charge is 2.14. The minimum atomic E-state index is -0.441. The second-order valence-electron chi connectivity index (χ2n) is 5.77. The Morgan fingerprint density at radius 3 is 2.46 bits per heavy atom. The molecule has 0 saturated carbocycles. The van der Waals surface area contributed by atoms with E-state index in [9.17, 15) is 9.18 Å². The van der Waals surface area contributed by atoms with Crippen LogP contribution >= 0.6 is 11.6 Å². The van der Waals surface area contributed by atoms with Gasteiger partial charge in [-0.3, -0.25) is 9.36 Å². The zero-order valence-corrected chi connectivity index (χ0v) is 15.1. The van der Waals surface area contributed by atoms with Crippen LogP contribution in [-0.2, 0) is 11.3 Å². The van der Waals surface area contributed by atoms with Gasteiger partial charge >= 0.3 is 5.97 Å². The second kappa shape index (κ2) is 7.58. The van der Waals surface area contributed by atoms with Gasteiger partial charge < -0.3 is 9.64 Å². The van der Waals surface area contributed by atoms with E-state index in [1.54, 1.807) is 30.5 Å². The molecule has 0 aliphatic heterocycles. The van der Waals surface area contributed by atoms with E-state index < -0.39 is 5.97 Å². The highest BCUT2D eigenvalue weighted by Crippen LogP contribution is 2.22. The van der Waals surface area contributed by atoms with E-state index in [-0.39, 0.29) is 11.7 Å². The Balaban J connectivity index is 1.93. The van der Waals surface area contributed by atoms with Crippen LogP contribution in [0.15, 0.2) is 54.7 Å². The van der Waals surface area contributed by atoms with Gasteiger partial charge in [-0.15, -0.1) is 0 Å². The average molecular weight is 374 g/mol. The van der Waals surface area contributed by atoms with Crippen molar-refractivity contribution in [3.63, 3.8) is 0 Å². The Labute approximate surface area is 155 Å². The summed E-state index contributed by atoms with van der Waals surface area (Å²) in [5, 5.41) is 0.624. The minimum absolute atomic E-state index is 0.218. The van der Waals surface area contributed by atoms with Crippen LogP contribution in [0.1, 0.15) is 12.7 Å². The van der Waals surface area contributed by atoms with Gasteiger partial charge in [-0.2, -0.15) is 4.98 Å². The molecule has 0 unspecified atom stereocenters. The predicted octanol–water partition coefficient (Wildman–Crippen LogP) is 4.23. The van der Waals surface area contributed by atoms with Crippen molar-refractivity contribution in [2.45, 2.75) is 13.5 Å². The molecule has 7 heteroatoms. The lowest BCUT2D eigenvalue weighted by Crippen LogP contribution is -2.19. The number of esters is 1. The molecule has 0 spiro atoms. The van der Waals surface area contributed by atoms with Crippen LogP contribution in [0, 0.1) is 5.82 Å². The number of ether oxygens (including phenoxy) is 1. The molecule has 0 fully saturated rings. The standard InChI is InChI=1S/C19H17ClFN3O2/c1-13(25)26-19-12-24(17-7-3-14(20)4-8-17)18(22-19)11-23(2)16-9-5-15(21)6-10-16/h3-10,12H,11H2,1-2H3. The van der Waals surface area contributed by atoms with Crippen molar-refractivity contribution in [3.05, 3.63) is 71.4 Å². The Morgan fingerprint density at radius 2 is 1.85 bits per heavy atom. The maximum Gasteiger partial charge on any atom is 0.309 e. The number of nitrogens with zero attached hydrogens (tertiary/aromatic N) is 3. The second-order valence-corrected chi connectivity index (χ2v) is 6.20. The van der Waals surface area contributed by atoms with E-state index in [1.807, 2.05) is 28.6 Å². The maximum absolute atomic E-state index is 13.1. The lowest BCUT2D eigenvalue weighted by Gasteiger charge is -2.19. The van der Waals surface area contributed by atoms with Crippen molar-refractivity contribution >= 4 is 23.3 Å². The maximum atomic E-state index is 13.1. The molecule has 0 bridgehead atoms. The fraction of sp³-hybridized carbons (Fsp3) is 0.158. The topological polar surface area (TPSA) is 47.4 Å². The summed E-state index contributed by atoms with van der Waals surface area (Å²) in [5.41, 5.74) is 1.67. The first-order valence-electron chi connectivity index (χ1n) is 7.91. The first kappa shape index (κ1) is 17.9. The van der Waals surface area contributed by atoms with E-state index in [2.05, 4.69) is 4.98 Å². The number of carbonyl (C=O) groups is 1. The van der Waals surface area contributed by atoms with Crippen LogP contribution < -0.4 is 9.64 Å². The molecule has 5 nitrogen and oxygen atoms in total. The quantitative estimate of drug-likeness (QED) is 0.628. The third-order valence-electron chi connectivity index (χ3n) is 3.76. The van der Waals surface area contributed by atoms with Crippen molar-refractivity contribution in [1.29, 1.82) is 0 Å². The molecule has 0 aliphatic carbocycles. The van der Waals surface area contributed by atoms with E-state index in [0.717, 1.165) is 11.4 Å². The molecule has 0 atom stereocenters. The van der Waals surface area contributed by atoms with Crippen LogP contribution in [0.5, 0.6) is 5.88 Å². The number of carbonyl (C=O) groups excluding carboxylic acids is 1. The highest BCUT2D eigenvalue weighted by atomic mass is 35.5. The SMILES string of the molecule is CC(=O)Oc1cn(-c2ccc(Cl)cc2)c(CN(C)c2ccc(F)cc2)n1. The average Bonchev–Trinajstić information content (AvgIpc) is 2.97. The van der Waals surface area contributed by atoms with Crippen molar-refractivity contribution in [2.24, 2.45) is 0 Å². The summed E-state index contributed by atoms with van der Waals surface area (Å²) < 4.78 is 20.1.